The van der Waals surface area contributed by atoms with Crippen LogP contribution < -0.4 is 0 Å². The Labute approximate surface area is 99.0 Å². The molecular weight excluding hydrogens is 228 g/mol. The molecule has 0 spiro atoms. The van der Waals surface area contributed by atoms with Crippen LogP contribution in [-0.4, -0.2) is 13.6 Å². The topological polar surface area (TPSA) is 9.23 Å². The second-order valence-electron chi connectivity index (χ2n) is 3.54. The van der Waals surface area contributed by atoms with Crippen molar-refractivity contribution < 1.29 is 17.7 Å². The molecular formula is C12H13BF3O-. The fourth-order valence-electron chi connectivity index (χ4n) is 1.21. The smallest absolute Gasteiger partial charge is 0.438 e. The molecule has 0 atom stereocenters. The molecule has 1 aromatic carbocycles. The molecule has 0 radical (unpaired) electrons. The highest BCUT2D eigenvalue weighted by atomic mass is 19.4. The third-order valence-corrected chi connectivity index (χ3v) is 1.97. The van der Waals surface area contributed by atoms with E-state index in [1.807, 2.05) is 30.3 Å². The highest BCUT2D eigenvalue weighted by Crippen LogP contribution is 2.05. The van der Waals surface area contributed by atoms with Gasteiger partial charge in [-0.1, -0.05) is 30.3 Å². The van der Waals surface area contributed by atoms with Crippen LogP contribution in [0.4, 0.5) is 12.9 Å². The zero-order valence-electron chi connectivity index (χ0n) is 9.33. The zero-order chi connectivity index (χ0) is 12.6. The lowest BCUT2D eigenvalue weighted by Crippen LogP contribution is -2.10. The van der Waals surface area contributed by atoms with Crippen LogP contribution >= 0.6 is 0 Å². The Morgan fingerprint density at radius 3 is 2.47 bits per heavy atom. The van der Waals surface area contributed by atoms with Crippen molar-refractivity contribution in [2.75, 3.05) is 6.61 Å². The van der Waals surface area contributed by atoms with E-state index >= 15 is 0 Å². The molecule has 0 aromatic heterocycles. The van der Waals surface area contributed by atoms with Crippen LogP contribution in [0.15, 0.2) is 30.3 Å². The molecule has 0 aliphatic carbocycles. The van der Waals surface area contributed by atoms with Gasteiger partial charge in [0.1, 0.15) is 0 Å². The number of unbranched alkanes of at least 4 members (excludes halogenated alkanes) is 1. The molecule has 17 heavy (non-hydrogen) atoms. The van der Waals surface area contributed by atoms with Gasteiger partial charge in [-0.3, -0.25) is 0 Å². The molecule has 5 heteroatoms. The molecule has 92 valence electrons. The Hall–Kier alpha value is -1.41. The summed E-state index contributed by atoms with van der Waals surface area (Å²) < 4.78 is 40.4. The quantitative estimate of drug-likeness (QED) is 0.436. The summed E-state index contributed by atoms with van der Waals surface area (Å²) in [6.45, 7) is -4.06. The third kappa shape index (κ3) is 7.48. The summed E-state index contributed by atoms with van der Waals surface area (Å²) >= 11 is 0. The third-order valence-electron chi connectivity index (χ3n) is 1.97. The lowest BCUT2D eigenvalue weighted by atomic mass is 9.94. The van der Waals surface area contributed by atoms with Crippen molar-refractivity contribution in [3.8, 4) is 11.7 Å². The lowest BCUT2D eigenvalue weighted by Gasteiger charge is -2.03. The van der Waals surface area contributed by atoms with Crippen molar-refractivity contribution in [1.82, 2.24) is 0 Å². The molecule has 1 nitrogen and oxygen atoms in total. The standard InChI is InChI=1S/C12H13BF3O/c14-13(15,16)9-5-2-6-10-17-11-12-7-3-1-4-8-12/h1,3-4,7-8H,2,6,10-11H2/q-1. The van der Waals surface area contributed by atoms with Gasteiger partial charge in [-0.05, 0) is 12.0 Å². The van der Waals surface area contributed by atoms with Gasteiger partial charge < -0.3 is 17.7 Å². The molecule has 0 fully saturated rings. The van der Waals surface area contributed by atoms with E-state index in [-0.39, 0.29) is 6.42 Å². The van der Waals surface area contributed by atoms with Crippen molar-refractivity contribution >= 4 is 6.98 Å². The number of ether oxygens (including phenoxy) is 1. The maximum atomic E-state index is 11.7. The summed E-state index contributed by atoms with van der Waals surface area (Å²) in [5.74, 6) is 3.38. The first-order valence-corrected chi connectivity index (χ1v) is 5.39. The molecule has 0 saturated carbocycles. The summed E-state index contributed by atoms with van der Waals surface area (Å²) in [6.07, 6.45) is 0.738. The Morgan fingerprint density at radius 1 is 1.12 bits per heavy atom. The lowest BCUT2D eigenvalue weighted by molar-refractivity contribution is 0.119. The monoisotopic (exact) mass is 241 g/mol. The minimum atomic E-state index is -4.97. The van der Waals surface area contributed by atoms with Gasteiger partial charge in [0.15, 0.2) is 0 Å². The minimum Gasteiger partial charge on any atom is -0.438 e. The largest absolute Gasteiger partial charge is 0.557 e. The van der Waals surface area contributed by atoms with E-state index in [0.717, 1.165) is 5.56 Å². The normalized spacial score (nSPS) is 10.8. The van der Waals surface area contributed by atoms with Crippen molar-refractivity contribution in [3.05, 3.63) is 35.9 Å². The number of halogens is 3. The summed E-state index contributed by atoms with van der Waals surface area (Å²) in [6, 6.07) is 9.61. The number of rotatable bonds is 5. The summed E-state index contributed by atoms with van der Waals surface area (Å²) in [5.41, 5.74) is 1.05. The van der Waals surface area contributed by atoms with Crippen LogP contribution in [0.1, 0.15) is 18.4 Å². The van der Waals surface area contributed by atoms with E-state index in [2.05, 4.69) is 5.92 Å². The Balaban J connectivity index is 2.07. The van der Waals surface area contributed by atoms with Crippen LogP contribution in [-0.2, 0) is 11.3 Å². The predicted octanol–water partition coefficient (Wildman–Crippen LogP) is 3.37. The van der Waals surface area contributed by atoms with E-state index in [4.69, 9.17) is 4.74 Å². The predicted molar refractivity (Wildman–Crippen MR) is 62.2 cm³/mol. The molecule has 0 aliphatic heterocycles. The van der Waals surface area contributed by atoms with E-state index in [1.54, 1.807) is 0 Å². The van der Waals surface area contributed by atoms with Gasteiger partial charge in [-0.25, -0.2) is 5.82 Å². The van der Waals surface area contributed by atoms with E-state index in [9.17, 15) is 12.9 Å². The first kappa shape index (κ1) is 13.7. The van der Waals surface area contributed by atoms with E-state index in [0.29, 0.717) is 19.6 Å². The molecule has 0 amide bonds. The van der Waals surface area contributed by atoms with Crippen molar-refractivity contribution in [3.63, 3.8) is 0 Å². The van der Waals surface area contributed by atoms with Crippen LogP contribution in [0, 0.1) is 11.7 Å². The first-order chi connectivity index (χ1) is 8.08. The Kier molecular flexibility index (Phi) is 5.64. The Bertz CT molecular complexity index is 378. The average molecular weight is 241 g/mol. The number of benzene rings is 1. The van der Waals surface area contributed by atoms with Crippen LogP contribution in [0.5, 0.6) is 0 Å². The van der Waals surface area contributed by atoms with E-state index < -0.39 is 6.98 Å². The van der Waals surface area contributed by atoms with Crippen LogP contribution in [0.25, 0.3) is 0 Å². The first-order valence-electron chi connectivity index (χ1n) is 5.39. The number of hydrogen-bond donors (Lipinski definition) is 0. The van der Waals surface area contributed by atoms with Crippen LogP contribution in [0.2, 0.25) is 0 Å². The summed E-state index contributed by atoms with van der Waals surface area (Å²) in [4.78, 5) is 0. The Morgan fingerprint density at radius 2 is 1.82 bits per heavy atom. The van der Waals surface area contributed by atoms with E-state index in [1.165, 1.54) is 5.82 Å². The fourth-order valence-corrected chi connectivity index (χ4v) is 1.21. The maximum absolute atomic E-state index is 11.7. The van der Waals surface area contributed by atoms with Gasteiger partial charge in [-0.2, -0.15) is 0 Å². The molecule has 1 rings (SSSR count). The van der Waals surface area contributed by atoms with Gasteiger partial charge >= 0.3 is 6.98 Å². The molecule has 0 N–H and O–H groups in total. The van der Waals surface area contributed by atoms with Gasteiger partial charge in [-0.15, -0.1) is 5.92 Å². The maximum Gasteiger partial charge on any atom is 0.557 e. The molecule has 0 unspecified atom stereocenters. The molecule has 1 aromatic rings. The summed E-state index contributed by atoms with van der Waals surface area (Å²) in [7, 11) is 0. The molecule has 0 aliphatic rings. The highest BCUT2D eigenvalue weighted by Gasteiger charge is 2.17. The minimum absolute atomic E-state index is 0.218. The fraction of sp³-hybridized carbons (Fsp3) is 0.333. The second-order valence-corrected chi connectivity index (χ2v) is 3.54. The highest BCUT2D eigenvalue weighted by molar-refractivity contribution is 6.67. The van der Waals surface area contributed by atoms with Crippen molar-refractivity contribution in [1.29, 1.82) is 0 Å². The number of hydrogen-bond acceptors (Lipinski definition) is 1. The SMILES string of the molecule is F[B-](F)(F)C#CCCCOCc1ccccc1. The van der Waals surface area contributed by atoms with Gasteiger partial charge in [0.25, 0.3) is 0 Å². The molecule has 0 heterocycles. The second kappa shape index (κ2) is 7.03. The average Bonchev–Trinajstić information content (AvgIpc) is 2.28. The van der Waals surface area contributed by atoms with Gasteiger partial charge in [0.2, 0.25) is 0 Å². The van der Waals surface area contributed by atoms with Crippen molar-refractivity contribution in [2.24, 2.45) is 0 Å². The molecule has 0 saturated heterocycles. The summed E-state index contributed by atoms with van der Waals surface area (Å²) in [5, 5.41) is 0. The zero-order valence-corrected chi connectivity index (χ0v) is 9.33. The van der Waals surface area contributed by atoms with Crippen molar-refractivity contribution in [2.45, 2.75) is 19.4 Å². The van der Waals surface area contributed by atoms with Gasteiger partial charge in [0.05, 0.1) is 6.61 Å². The van der Waals surface area contributed by atoms with Gasteiger partial charge in [0, 0.05) is 13.0 Å². The van der Waals surface area contributed by atoms with Crippen LogP contribution in [0.3, 0.4) is 0 Å². The molecule has 0 bridgehead atoms.